The van der Waals surface area contributed by atoms with E-state index in [0.29, 0.717) is 18.2 Å². The van der Waals surface area contributed by atoms with Gasteiger partial charge in [-0.2, -0.15) is 0 Å². The first-order valence-electron chi connectivity index (χ1n) is 7.44. The van der Waals surface area contributed by atoms with Gasteiger partial charge in [0.1, 0.15) is 0 Å². The van der Waals surface area contributed by atoms with Crippen LogP contribution in [0.15, 0.2) is 18.2 Å². The lowest BCUT2D eigenvalue weighted by Crippen LogP contribution is -2.38. The van der Waals surface area contributed by atoms with Crippen molar-refractivity contribution in [1.29, 1.82) is 0 Å². The molecule has 1 unspecified atom stereocenters. The van der Waals surface area contributed by atoms with Crippen molar-refractivity contribution in [3.8, 4) is 5.75 Å². The van der Waals surface area contributed by atoms with Gasteiger partial charge in [-0.15, -0.1) is 0 Å². The van der Waals surface area contributed by atoms with Crippen molar-refractivity contribution >= 4 is 5.91 Å². The molecule has 116 valence electrons. The first-order chi connectivity index (χ1) is 10.1. The van der Waals surface area contributed by atoms with Crippen LogP contribution in [0, 0.1) is 5.82 Å². The Bertz CT molecular complexity index is 487. The molecule has 2 rings (SSSR count). The van der Waals surface area contributed by atoms with E-state index in [2.05, 4.69) is 5.32 Å². The van der Waals surface area contributed by atoms with Crippen LogP contribution >= 0.6 is 0 Å². The van der Waals surface area contributed by atoms with Crippen molar-refractivity contribution in [3.05, 3.63) is 29.6 Å². The lowest BCUT2D eigenvalue weighted by molar-refractivity contribution is 0.0787. The molecule has 21 heavy (non-hydrogen) atoms. The fourth-order valence-corrected chi connectivity index (χ4v) is 2.64. The minimum absolute atomic E-state index is 0.153. The minimum atomic E-state index is -0.509. The van der Waals surface area contributed by atoms with Gasteiger partial charge in [0.25, 0.3) is 5.91 Å². The molecular formula is C16H23FN2O2. The van der Waals surface area contributed by atoms with Crippen LogP contribution in [0.4, 0.5) is 4.39 Å². The van der Waals surface area contributed by atoms with Crippen molar-refractivity contribution < 1.29 is 13.9 Å². The summed E-state index contributed by atoms with van der Waals surface area (Å²) >= 11 is 0. The summed E-state index contributed by atoms with van der Waals surface area (Å²) in [6.07, 6.45) is 4.58. The molecule has 4 nitrogen and oxygen atoms in total. The summed E-state index contributed by atoms with van der Waals surface area (Å²) in [5.41, 5.74) is 0.354. The highest BCUT2D eigenvalue weighted by molar-refractivity contribution is 5.94. The summed E-state index contributed by atoms with van der Waals surface area (Å²) in [5, 5.41) is 3.46. The Kier molecular flexibility index (Phi) is 5.56. The van der Waals surface area contributed by atoms with Gasteiger partial charge in [0.15, 0.2) is 11.6 Å². The van der Waals surface area contributed by atoms with Crippen LogP contribution in [-0.4, -0.2) is 44.1 Å². The molecule has 1 fully saturated rings. The van der Waals surface area contributed by atoms with Crippen molar-refractivity contribution in [2.45, 2.75) is 31.7 Å². The third-order valence-electron chi connectivity index (χ3n) is 3.97. The zero-order valence-electron chi connectivity index (χ0n) is 12.7. The Balaban J connectivity index is 1.90. The van der Waals surface area contributed by atoms with Gasteiger partial charge in [-0.25, -0.2) is 4.39 Å². The van der Waals surface area contributed by atoms with Gasteiger partial charge in [-0.05, 0) is 44.0 Å². The number of piperidine rings is 1. The number of nitrogens with one attached hydrogen (secondary N) is 1. The number of nitrogens with zero attached hydrogens (tertiary/aromatic N) is 1. The molecular weight excluding hydrogens is 271 g/mol. The van der Waals surface area contributed by atoms with Crippen LogP contribution < -0.4 is 10.1 Å². The molecule has 0 aliphatic carbocycles. The maximum absolute atomic E-state index is 13.6. The van der Waals surface area contributed by atoms with Crippen LogP contribution in [0.2, 0.25) is 0 Å². The van der Waals surface area contributed by atoms with Crippen molar-refractivity contribution in [1.82, 2.24) is 10.2 Å². The van der Waals surface area contributed by atoms with E-state index in [9.17, 15) is 9.18 Å². The average molecular weight is 294 g/mol. The van der Waals surface area contributed by atoms with E-state index < -0.39 is 5.82 Å². The van der Waals surface area contributed by atoms with Gasteiger partial charge in [0.05, 0.1) is 7.11 Å². The number of ether oxygens (including phenoxy) is 1. The highest BCUT2D eigenvalue weighted by Crippen LogP contribution is 2.19. The molecule has 0 saturated carbocycles. The van der Waals surface area contributed by atoms with E-state index in [1.54, 1.807) is 18.0 Å². The molecule has 1 aromatic carbocycles. The van der Waals surface area contributed by atoms with E-state index in [-0.39, 0.29) is 11.7 Å². The third kappa shape index (κ3) is 4.17. The first kappa shape index (κ1) is 15.8. The zero-order chi connectivity index (χ0) is 15.2. The van der Waals surface area contributed by atoms with Crippen LogP contribution in [0.5, 0.6) is 5.75 Å². The minimum Gasteiger partial charge on any atom is -0.494 e. The lowest BCUT2D eigenvalue weighted by Gasteiger charge is -2.26. The standard InChI is InChI=1S/C16H23FN2O2/c1-19(10-8-13-5-3-4-9-18-13)16(20)12-6-7-15(21-2)14(17)11-12/h6-7,11,13,18H,3-5,8-10H2,1-2H3. The average Bonchev–Trinajstić information content (AvgIpc) is 2.52. The number of carbonyl (C=O) groups excluding carboxylic acids is 1. The van der Waals surface area contributed by atoms with E-state index in [1.807, 2.05) is 0 Å². The Hall–Kier alpha value is -1.62. The quantitative estimate of drug-likeness (QED) is 0.907. The summed E-state index contributed by atoms with van der Waals surface area (Å²) in [7, 11) is 3.16. The highest BCUT2D eigenvalue weighted by atomic mass is 19.1. The molecule has 1 aliphatic rings. The van der Waals surface area contributed by atoms with Gasteiger partial charge < -0.3 is 15.0 Å². The Labute approximate surface area is 125 Å². The maximum atomic E-state index is 13.6. The van der Waals surface area contributed by atoms with Crippen LogP contribution in [0.3, 0.4) is 0 Å². The first-order valence-corrected chi connectivity index (χ1v) is 7.44. The van der Waals surface area contributed by atoms with Crippen molar-refractivity contribution in [2.24, 2.45) is 0 Å². The molecule has 0 bridgehead atoms. The molecule has 0 spiro atoms. The number of hydrogen-bond donors (Lipinski definition) is 1. The third-order valence-corrected chi connectivity index (χ3v) is 3.97. The number of rotatable bonds is 5. The molecule has 1 aromatic rings. The largest absolute Gasteiger partial charge is 0.494 e. The van der Waals surface area contributed by atoms with Gasteiger partial charge in [0.2, 0.25) is 0 Å². The van der Waals surface area contributed by atoms with Crippen LogP contribution in [0.25, 0.3) is 0 Å². The number of hydrogen-bond acceptors (Lipinski definition) is 3. The normalized spacial score (nSPS) is 18.3. The van der Waals surface area contributed by atoms with Gasteiger partial charge in [0, 0.05) is 25.2 Å². The molecule has 1 atom stereocenters. The molecule has 1 amide bonds. The van der Waals surface area contributed by atoms with Gasteiger partial charge in [-0.1, -0.05) is 6.42 Å². The second kappa shape index (κ2) is 7.41. The van der Waals surface area contributed by atoms with Crippen LogP contribution in [-0.2, 0) is 0 Å². The van der Waals surface area contributed by atoms with Gasteiger partial charge >= 0.3 is 0 Å². The highest BCUT2D eigenvalue weighted by Gasteiger charge is 2.17. The number of methoxy groups -OCH3 is 1. The smallest absolute Gasteiger partial charge is 0.253 e. The fourth-order valence-electron chi connectivity index (χ4n) is 2.64. The second-order valence-corrected chi connectivity index (χ2v) is 5.51. The molecule has 1 N–H and O–H groups in total. The SMILES string of the molecule is COc1ccc(C(=O)N(C)CCC2CCCCN2)cc1F. The predicted octanol–water partition coefficient (Wildman–Crippen LogP) is 2.44. The monoisotopic (exact) mass is 294 g/mol. The molecule has 0 aromatic heterocycles. The predicted molar refractivity (Wildman–Crippen MR) is 80.2 cm³/mol. The van der Waals surface area contributed by atoms with E-state index in [4.69, 9.17) is 4.74 Å². The van der Waals surface area contributed by atoms with Crippen molar-refractivity contribution in [3.63, 3.8) is 0 Å². The topological polar surface area (TPSA) is 41.6 Å². The number of halogens is 1. The van der Waals surface area contributed by atoms with E-state index in [1.165, 1.54) is 38.5 Å². The Morgan fingerprint density at radius 3 is 2.90 bits per heavy atom. The summed E-state index contributed by atoms with van der Waals surface area (Å²) in [6.45, 7) is 1.73. The fraction of sp³-hybridized carbons (Fsp3) is 0.562. The Morgan fingerprint density at radius 1 is 1.48 bits per heavy atom. The van der Waals surface area contributed by atoms with E-state index >= 15 is 0 Å². The molecule has 0 radical (unpaired) electrons. The lowest BCUT2D eigenvalue weighted by atomic mass is 10.0. The Morgan fingerprint density at radius 2 is 2.29 bits per heavy atom. The summed E-state index contributed by atoms with van der Waals surface area (Å²) in [6, 6.07) is 4.80. The molecule has 1 saturated heterocycles. The summed E-state index contributed by atoms with van der Waals surface area (Å²) in [5.74, 6) is -0.515. The van der Waals surface area contributed by atoms with Crippen molar-refractivity contribution in [2.75, 3.05) is 27.2 Å². The zero-order valence-corrected chi connectivity index (χ0v) is 12.7. The van der Waals surface area contributed by atoms with Gasteiger partial charge in [-0.3, -0.25) is 4.79 Å². The molecule has 1 aliphatic heterocycles. The number of benzene rings is 1. The summed E-state index contributed by atoms with van der Waals surface area (Å²) in [4.78, 5) is 13.9. The molecule has 5 heteroatoms. The summed E-state index contributed by atoms with van der Waals surface area (Å²) < 4.78 is 18.5. The number of carbonyl (C=O) groups is 1. The number of amides is 1. The molecule has 1 heterocycles. The second-order valence-electron chi connectivity index (χ2n) is 5.51. The van der Waals surface area contributed by atoms with E-state index in [0.717, 1.165) is 13.0 Å². The maximum Gasteiger partial charge on any atom is 0.253 e. The van der Waals surface area contributed by atoms with Crippen LogP contribution in [0.1, 0.15) is 36.0 Å².